The number of ether oxygens (including phenoxy) is 1. The van der Waals surface area contributed by atoms with Crippen LogP contribution in [0.25, 0.3) is 32.9 Å². The molecule has 1 spiro atoms. The number of aryl methyl sites for hydroxylation is 1. The van der Waals surface area contributed by atoms with Crippen LogP contribution in [-0.2, 0) is 11.2 Å². The fraction of sp³-hybridized carbons (Fsp3) is 0.486. The number of piperidine rings is 1. The van der Waals surface area contributed by atoms with Gasteiger partial charge in [-0.3, -0.25) is 14.7 Å². The van der Waals surface area contributed by atoms with Crippen molar-refractivity contribution in [3.05, 3.63) is 47.7 Å². The lowest BCUT2D eigenvalue weighted by molar-refractivity contribution is -0.128. The second-order valence-electron chi connectivity index (χ2n) is 13.7. The first-order chi connectivity index (χ1) is 22.7. The number of nitrogens with one attached hydrogen (secondary N) is 1. The number of phenolic OH excluding ortho intramolecular Hbond substituents is 1. The summed E-state index contributed by atoms with van der Waals surface area (Å²) in [5, 5.41) is 14.9. The van der Waals surface area contributed by atoms with Gasteiger partial charge >= 0.3 is 6.01 Å². The molecule has 4 aliphatic heterocycles. The van der Waals surface area contributed by atoms with Gasteiger partial charge < -0.3 is 20.1 Å². The summed E-state index contributed by atoms with van der Waals surface area (Å²) in [5.74, 6) is -0.860. The van der Waals surface area contributed by atoms with Gasteiger partial charge in [-0.1, -0.05) is 13.0 Å². The van der Waals surface area contributed by atoms with Gasteiger partial charge in [0.2, 0.25) is 5.91 Å². The average molecular weight is 647 g/mol. The molecular formula is C35H37F3N6O3. The van der Waals surface area contributed by atoms with Gasteiger partial charge in [-0.2, -0.15) is 9.97 Å². The summed E-state index contributed by atoms with van der Waals surface area (Å²) in [6.45, 7) is 4.77. The van der Waals surface area contributed by atoms with Crippen LogP contribution in [0.1, 0.15) is 51.0 Å². The van der Waals surface area contributed by atoms with Gasteiger partial charge in [0.05, 0.1) is 16.3 Å². The lowest BCUT2D eigenvalue weighted by Gasteiger charge is -2.39. The maximum Gasteiger partial charge on any atom is 0.319 e. The van der Waals surface area contributed by atoms with Crippen molar-refractivity contribution in [3.8, 4) is 23.0 Å². The molecule has 3 atom stereocenters. The van der Waals surface area contributed by atoms with Crippen LogP contribution in [0.4, 0.5) is 19.0 Å². The minimum atomic E-state index is -0.935. The molecule has 2 aromatic carbocycles. The molecule has 9 nitrogen and oxygen atoms in total. The predicted octanol–water partition coefficient (Wildman–Crippen LogP) is 5.45. The van der Waals surface area contributed by atoms with Crippen LogP contribution in [0.15, 0.2) is 30.5 Å². The number of fused-ring (bicyclic) bond motifs is 3. The van der Waals surface area contributed by atoms with Crippen molar-refractivity contribution in [2.75, 3.05) is 44.2 Å². The first kappa shape index (κ1) is 30.2. The lowest BCUT2D eigenvalue weighted by atomic mass is 9.78. The van der Waals surface area contributed by atoms with Crippen molar-refractivity contribution in [3.63, 3.8) is 0 Å². The molecule has 2 N–H and O–H groups in total. The van der Waals surface area contributed by atoms with Crippen LogP contribution >= 0.6 is 0 Å². The molecule has 0 saturated carbocycles. The molecule has 6 heterocycles. The van der Waals surface area contributed by atoms with Crippen molar-refractivity contribution >= 4 is 33.4 Å². The van der Waals surface area contributed by atoms with Gasteiger partial charge in [0.25, 0.3) is 0 Å². The molecule has 0 aliphatic carbocycles. The number of rotatable bonds is 6. The maximum atomic E-state index is 16.9. The summed E-state index contributed by atoms with van der Waals surface area (Å²) in [5.41, 5.74) is -0.505. The number of anilines is 1. The minimum absolute atomic E-state index is 0.0146. The number of alkyl halides is 1. The van der Waals surface area contributed by atoms with E-state index >= 15 is 4.39 Å². The third-order valence-electron chi connectivity index (χ3n) is 10.9. The van der Waals surface area contributed by atoms with Gasteiger partial charge in [-0.15, -0.1) is 0 Å². The smallest absolute Gasteiger partial charge is 0.319 e. The lowest BCUT2D eigenvalue weighted by Crippen LogP contribution is -2.47. The highest BCUT2D eigenvalue weighted by atomic mass is 19.1. The Bertz CT molecular complexity index is 1930. The molecular weight excluding hydrogens is 609 g/mol. The highest BCUT2D eigenvalue weighted by Crippen LogP contribution is 2.43. The Balaban J connectivity index is 1.27. The van der Waals surface area contributed by atoms with Gasteiger partial charge in [0.1, 0.15) is 41.4 Å². The summed E-state index contributed by atoms with van der Waals surface area (Å²) in [6, 6.07) is 5.77. The number of hydrogen-bond donors (Lipinski definition) is 2. The molecule has 1 amide bonds. The van der Waals surface area contributed by atoms with Crippen molar-refractivity contribution in [2.24, 2.45) is 5.41 Å². The number of carbonyl (C=O) groups is 1. The van der Waals surface area contributed by atoms with Gasteiger partial charge in [0, 0.05) is 44.4 Å². The second-order valence-corrected chi connectivity index (χ2v) is 13.7. The molecule has 47 heavy (non-hydrogen) atoms. The summed E-state index contributed by atoms with van der Waals surface area (Å²) < 4.78 is 52.7. The summed E-state index contributed by atoms with van der Waals surface area (Å²) in [4.78, 5) is 31.0. The highest BCUT2D eigenvalue weighted by Gasteiger charge is 2.50. The number of carbonyl (C=O) groups excluding carboxylic acids is 1. The van der Waals surface area contributed by atoms with Crippen molar-refractivity contribution in [1.29, 1.82) is 0 Å². The zero-order chi connectivity index (χ0) is 32.5. The van der Waals surface area contributed by atoms with E-state index in [4.69, 9.17) is 9.72 Å². The molecule has 0 bridgehead atoms. The molecule has 1 unspecified atom stereocenters. The second kappa shape index (κ2) is 11.2. The van der Waals surface area contributed by atoms with Gasteiger partial charge in [0.15, 0.2) is 5.82 Å². The Hall–Kier alpha value is -4.19. The summed E-state index contributed by atoms with van der Waals surface area (Å²) in [6.07, 6.45) is 5.22. The van der Waals surface area contributed by atoms with Crippen LogP contribution in [0.5, 0.6) is 11.8 Å². The largest absolute Gasteiger partial charge is 0.508 e. The van der Waals surface area contributed by atoms with E-state index in [1.807, 2.05) is 11.8 Å². The third-order valence-corrected chi connectivity index (χ3v) is 10.9. The van der Waals surface area contributed by atoms with Crippen LogP contribution < -0.4 is 15.0 Å². The number of nitrogens with zero attached hydrogens (tertiary/aromatic N) is 5. The Labute approximate surface area is 270 Å². The van der Waals surface area contributed by atoms with E-state index in [0.717, 1.165) is 32.2 Å². The summed E-state index contributed by atoms with van der Waals surface area (Å²) >= 11 is 0. The predicted molar refractivity (Wildman–Crippen MR) is 171 cm³/mol. The first-order valence-electron chi connectivity index (χ1n) is 16.6. The number of amides is 1. The molecule has 12 heteroatoms. The molecule has 8 rings (SSSR count). The van der Waals surface area contributed by atoms with E-state index in [0.29, 0.717) is 73.0 Å². The van der Waals surface area contributed by atoms with Crippen molar-refractivity contribution in [2.45, 2.75) is 63.6 Å². The molecule has 4 saturated heterocycles. The first-order valence-corrected chi connectivity index (χ1v) is 16.6. The molecule has 4 aromatic rings. The van der Waals surface area contributed by atoms with E-state index in [2.05, 4.69) is 20.2 Å². The fourth-order valence-electron chi connectivity index (χ4n) is 8.61. The van der Waals surface area contributed by atoms with Crippen LogP contribution in [-0.4, -0.2) is 81.9 Å². The number of phenols is 1. The highest BCUT2D eigenvalue weighted by molar-refractivity contribution is 6.02. The molecule has 2 aromatic heterocycles. The van der Waals surface area contributed by atoms with E-state index in [1.165, 1.54) is 24.4 Å². The Morgan fingerprint density at radius 2 is 1.98 bits per heavy atom. The van der Waals surface area contributed by atoms with Gasteiger partial charge in [-0.05, 0) is 79.6 Å². The normalized spacial score (nSPS) is 26.1. The SMILES string of the molecule is CCc1c(F)ccc2cc(O)cc(-c3ncc4c(N5CCCC6(CCNC6=O)C5)nc(OC[C@@]56CCCN5C[C@H](F)C6)nc4c3F)c12. The number of pyridine rings is 1. The van der Waals surface area contributed by atoms with Gasteiger partial charge in [-0.25, -0.2) is 13.2 Å². The number of benzene rings is 2. The van der Waals surface area contributed by atoms with E-state index in [-0.39, 0.29) is 41.0 Å². The molecule has 246 valence electrons. The number of hydrogen-bond acceptors (Lipinski definition) is 8. The van der Waals surface area contributed by atoms with Crippen LogP contribution in [0.3, 0.4) is 0 Å². The Morgan fingerprint density at radius 1 is 1.13 bits per heavy atom. The number of halogens is 3. The Kier molecular flexibility index (Phi) is 7.19. The quantitative estimate of drug-likeness (QED) is 0.285. The standard InChI is InChI=1S/C35H37F3N6O3/c1-2-23-26(37)6-5-20-13-22(45)14-24(27(20)23)29-28(38)30-25(16-40-29)31(43-11-3-7-34(18-43)9-10-39-32(34)46)42-33(41-30)47-19-35-8-4-12-44(35)17-21(36)15-35/h5-6,13-14,16,21,45H,2-4,7-12,15,17-19H2,1H3,(H,39,46)/t21-,34?,35+/m1/s1. The zero-order valence-electron chi connectivity index (χ0n) is 26.3. The van der Waals surface area contributed by atoms with E-state index < -0.39 is 28.8 Å². The Morgan fingerprint density at radius 3 is 2.79 bits per heavy atom. The number of aromatic nitrogens is 3. The van der Waals surface area contributed by atoms with Crippen molar-refractivity contribution in [1.82, 2.24) is 25.2 Å². The fourth-order valence-corrected chi connectivity index (χ4v) is 8.61. The maximum absolute atomic E-state index is 16.9. The molecule has 4 aliphatic rings. The minimum Gasteiger partial charge on any atom is -0.508 e. The van der Waals surface area contributed by atoms with Crippen LogP contribution in [0, 0.1) is 17.0 Å². The average Bonchev–Trinajstić information content (AvgIpc) is 3.71. The zero-order valence-corrected chi connectivity index (χ0v) is 26.3. The third kappa shape index (κ3) is 4.86. The van der Waals surface area contributed by atoms with Crippen molar-refractivity contribution < 1.29 is 27.8 Å². The summed E-state index contributed by atoms with van der Waals surface area (Å²) in [7, 11) is 0. The number of aromatic hydroxyl groups is 1. The monoisotopic (exact) mass is 646 g/mol. The van der Waals surface area contributed by atoms with Crippen LogP contribution in [0.2, 0.25) is 0 Å². The molecule has 0 radical (unpaired) electrons. The van der Waals surface area contributed by atoms with E-state index in [9.17, 15) is 18.7 Å². The molecule has 4 fully saturated rings. The van der Waals surface area contributed by atoms with E-state index in [1.54, 1.807) is 6.07 Å². The topological polar surface area (TPSA) is 104 Å².